The molecule has 92 valence electrons. The maximum absolute atomic E-state index is 12.9. The zero-order valence-corrected chi connectivity index (χ0v) is 9.31. The minimum Gasteiger partial charge on any atom is -0.467 e. The summed E-state index contributed by atoms with van der Waals surface area (Å²) >= 11 is 0. The number of rotatable bonds is 4. The van der Waals surface area contributed by atoms with E-state index in [9.17, 15) is 14.0 Å². The normalized spacial score (nSPS) is 9.88. The van der Waals surface area contributed by atoms with Gasteiger partial charge in [0.2, 0.25) is 0 Å². The van der Waals surface area contributed by atoms with Crippen molar-refractivity contribution in [1.29, 1.82) is 0 Å². The summed E-state index contributed by atoms with van der Waals surface area (Å²) < 4.78 is 26.6. The Kier molecular flexibility index (Phi) is 4.45. The highest BCUT2D eigenvalue weighted by molar-refractivity contribution is 5.98. The summed E-state index contributed by atoms with van der Waals surface area (Å²) in [5, 5.41) is 0. The monoisotopic (exact) mass is 242 g/mol. The van der Waals surface area contributed by atoms with E-state index in [-0.39, 0.29) is 5.75 Å². The fourth-order valence-electron chi connectivity index (χ4n) is 1.08. The first-order chi connectivity index (χ1) is 8.08. The van der Waals surface area contributed by atoms with Gasteiger partial charge in [-0.2, -0.15) is 0 Å². The fourth-order valence-corrected chi connectivity index (χ4v) is 1.08. The fraction of sp³-hybridized carbons (Fsp3) is 0.273. The van der Waals surface area contributed by atoms with Crippen molar-refractivity contribution in [3.05, 3.63) is 30.1 Å². The van der Waals surface area contributed by atoms with Crippen molar-refractivity contribution < 1.29 is 28.2 Å². The van der Waals surface area contributed by atoms with E-state index < -0.39 is 23.9 Å². The van der Waals surface area contributed by atoms with Crippen molar-refractivity contribution in [1.82, 2.24) is 0 Å². The Hall–Kier alpha value is -2.11. The van der Waals surface area contributed by atoms with Gasteiger partial charge in [0.05, 0.1) is 14.2 Å². The Morgan fingerprint density at radius 1 is 1.18 bits per heavy atom. The number of hydrogen-bond donors (Lipinski definition) is 0. The average molecular weight is 242 g/mol. The van der Waals surface area contributed by atoms with Crippen molar-refractivity contribution in [3.63, 3.8) is 0 Å². The van der Waals surface area contributed by atoms with E-state index in [4.69, 9.17) is 4.74 Å². The molecule has 0 N–H and O–H groups in total. The van der Waals surface area contributed by atoms with Gasteiger partial charge in [-0.3, -0.25) is 0 Å². The molecule has 1 aromatic carbocycles. The van der Waals surface area contributed by atoms with Crippen LogP contribution in [0, 0.1) is 5.82 Å². The van der Waals surface area contributed by atoms with Gasteiger partial charge in [0.25, 0.3) is 6.10 Å². The Labute approximate surface area is 97.1 Å². The molecule has 1 rings (SSSR count). The summed E-state index contributed by atoms with van der Waals surface area (Å²) in [4.78, 5) is 22.5. The van der Waals surface area contributed by atoms with Crippen LogP contribution in [0.4, 0.5) is 4.39 Å². The second kappa shape index (κ2) is 5.83. The first-order valence-electron chi connectivity index (χ1n) is 4.66. The molecule has 0 radical (unpaired) electrons. The van der Waals surface area contributed by atoms with Crippen molar-refractivity contribution in [2.24, 2.45) is 0 Å². The highest BCUT2D eigenvalue weighted by Gasteiger charge is 2.30. The largest absolute Gasteiger partial charge is 0.467 e. The van der Waals surface area contributed by atoms with Crippen LogP contribution in [0.15, 0.2) is 24.3 Å². The number of halogens is 1. The predicted molar refractivity (Wildman–Crippen MR) is 54.8 cm³/mol. The second-order valence-corrected chi connectivity index (χ2v) is 3.00. The molecule has 0 heterocycles. The molecule has 5 nitrogen and oxygen atoms in total. The zero-order valence-electron chi connectivity index (χ0n) is 9.31. The van der Waals surface area contributed by atoms with E-state index in [0.29, 0.717) is 0 Å². The predicted octanol–water partition coefficient (Wildman–Crippen LogP) is 0.919. The third-order valence-electron chi connectivity index (χ3n) is 1.88. The summed E-state index contributed by atoms with van der Waals surface area (Å²) in [5.74, 6) is -2.34. The lowest BCUT2D eigenvalue weighted by atomic mass is 10.3. The lowest BCUT2D eigenvalue weighted by molar-refractivity contribution is -0.163. The van der Waals surface area contributed by atoms with Gasteiger partial charge in [-0.15, -0.1) is 0 Å². The molecule has 0 spiro atoms. The van der Waals surface area contributed by atoms with Crippen molar-refractivity contribution in [2.45, 2.75) is 6.10 Å². The smallest absolute Gasteiger partial charge is 0.359 e. The maximum atomic E-state index is 12.9. The van der Waals surface area contributed by atoms with E-state index in [2.05, 4.69) is 9.47 Å². The lowest BCUT2D eigenvalue weighted by Gasteiger charge is -2.14. The zero-order chi connectivity index (χ0) is 12.8. The molecule has 0 aromatic heterocycles. The van der Waals surface area contributed by atoms with E-state index in [1.165, 1.54) is 18.2 Å². The second-order valence-electron chi connectivity index (χ2n) is 3.00. The van der Waals surface area contributed by atoms with Gasteiger partial charge in [-0.25, -0.2) is 14.0 Å². The van der Waals surface area contributed by atoms with Crippen LogP contribution in [0.5, 0.6) is 5.75 Å². The number of benzene rings is 1. The van der Waals surface area contributed by atoms with Crippen LogP contribution in [0.1, 0.15) is 0 Å². The third-order valence-corrected chi connectivity index (χ3v) is 1.88. The van der Waals surface area contributed by atoms with Gasteiger partial charge in [-0.1, -0.05) is 6.07 Å². The Balaban J connectivity index is 2.86. The van der Waals surface area contributed by atoms with Crippen LogP contribution >= 0.6 is 0 Å². The minimum atomic E-state index is -1.56. The van der Waals surface area contributed by atoms with Crippen molar-refractivity contribution in [3.8, 4) is 5.75 Å². The third kappa shape index (κ3) is 3.44. The molecular formula is C11H11FO5. The first kappa shape index (κ1) is 13.0. The van der Waals surface area contributed by atoms with Crippen LogP contribution in [0.3, 0.4) is 0 Å². The molecular weight excluding hydrogens is 231 g/mol. The number of esters is 2. The highest BCUT2D eigenvalue weighted by atomic mass is 19.1. The SMILES string of the molecule is COC(=O)C(Oc1cccc(F)c1)C(=O)OC. The van der Waals surface area contributed by atoms with Crippen LogP contribution in [0.2, 0.25) is 0 Å². The Bertz CT molecular complexity index is 402. The van der Waals surface area contributed by atoms with E-state index >= 15 is 0 Å². The topological polar surface area (TPSA) is 61.8 Å². The molecule has 0 saturated heterocycles. The molecule has 0 saturated carbocycles. The number of carbonyl (C=O) groups excluding carboxylic acids is 2. The molecule has 0 amide bonds. The maximum Gasteiger partial charge on any atom is 0.359 e. The molecule has 17 heavy (non-hydrogen) atoms. The van der Waals surface area contributed by atoms with Crippen LogP contribution in [-0.4, -0.2) is 32.3 Å². The molecule has 0 fully saturated rings. The summed E-state index contributed by atoms with van der Waals surface area (Å²) in [5.41, 5.74) is 0. The van der Waals surface area contributed by atoms with E-state index in [1.54, 1.807) is 0 Å². The summed E-state index contributed by atoms with van der Waals surface area (Å²) in [6.07, 6.45) is -1.56. The van der Waals surface area contributed by atoms with Gasteiger partial charge in [-0.05, 0) is 12.1 Å². The summed E-state index contributed by atoms with van der Waals surface area (Å²) in [6, 6.07) is 5.04. The molecule has 6 heteroatoms. The molecule has 0 aliphatic heterocycles. The number of methoxy groups -OCH3 is 2. The molecule has 0 unspecified atom stereocenters. The van der Waals surface area contributed by atoms with Gasteiger partial charge in [0.1, 0.15) is 11.6 Å². The Morgan fingerprint density at radius 2 is 1.76 bits per heavy atom. The minimum absolute atomic E-state index is 0.0331. The molecule has 1 aromatic rings. The van der Waals surface area contributed by atoms with Crippen molar-refractivity contribution in [2.75, 3.05) is 14.2 Å². The number of ether oxygens (including phenoxy) is 3. The van der Waals surface area contributed by atoms with Gasteiger partial charge < -0.3 is 14.2 Å². The van der Waals surface area contributed by atoms with Crippen LogP contribution < -0.4 is 4.74 Å². The first-order valence-corrected chi connectivity index (χ1v) is 4.66. The van der Waals surface area contributed by atoms with E-state index in [0.717, 1.165) is 20.3 Å². The van der Waals surface area contributed by atoms with E-state index in [1.807, 2.05) is 0 Å². The molecule has 0 bridgehead atoms. The number of hydrogen-bond acceptors (Lipinski definition) is 5. The lowest BCUT2D eigenvalue weighted by Crippen LogP contribution is -2.37. The quantitative estimate of drug-likeness (QED) is 0.580. The van der Waals surface area contributed by atoms with Crippen LogP contribution in [-0.2, 0) is 19.1 Å². The summed E-state index contributed by atoms with van der Waals surface area (Å²) in [6.45, 7) is 0. The molecule has 0 aliphatic rings. The van der Waals surface area contributed by atoms with Gasteiger partial charge in [0, 0.05) is 6.07 Å². The van der Waals surface area contributed by atoms with Crippen LogP contribution in [0.25, 0.3) is 0 Å². The van der Waals surface area contributed by atoms with Gasteiger partial charge in [0.15, 0.2) is 0 Å². The average Bonchev–Trinajstić information content (AvgIpc) is 2.34. The molecule has 0 atom stereocenters. The number of carbonyl (C=O) groups is 2. The Morgan fingerprint density at radius 3 is 2.24 bits per heavy atom. The van der Waals surface area contributed by atoms with Crippen molar-refractivity contribution >= 4 is 11.9 Å². The summed E-state index contributed by atoms with van der Waals surface area (Å²) in [7, 11) is 2.21. The van der Waals surface area contributed by atoms with Gasteiger partial charge >= 0.3 is 11.9 Å². The standard InChI is InChI=1S/C11H11FO5/c1-15-10(13)9(11(14)16-2)17-8-5-3-4-7(12)6-8/h3-6,9H,1-2H3. The highest BCUT2D eigenvalue weighted by Crippen LogP contribution is 2.14. The molecule has 0 aliphatic carbocycles.